The van der Waals surface area contributed by atoms with Gasteiger partial charge in [-0.15, -0.1) is 0 Å². The minimum atomic E-state index is 0.940. The van der Waals surface area contributed by atoms with Crippen LogP contribution in [0.25, 0.3) is 0 Å². The van der Waals surface area contributed by atoms with Crippen molar-refractivity contribution in [2.75, 3.05) is 13.6 Å². The average molecular weight is 167 g/mol. The van der Waals surface area contributed by atoms with E-state index in [0.717, 1.165) is 17.9 Å². The topological polar surface area (TPSA) is 3.24 Å². The molecule has 0 bridgehead atoms. The Labute approximate surface area is 76.1 Å². The number of nitrogens with zero attached hydrogens (tertiary/aromatic N) is 1. The van der Waals surface area contributed by atoms with Crippen LogP contribution in [0.4, 0.5) is 0 Å². The molecule has 1 heterocycles. The molecule has 2 rings (SSSR count). The van der Waals surface area contributed by atoms with Crippen molar-refractivity contribution in [1.29, 1.82) is 0 Å². The van der Waals surface area contributed by atoms with Crippen molar-refractivity contribution < 1.29 is 0 Å². The van der Waals surface area contributed by atoms with Crippen LogP contribution in [0.1, 0.15) is 39.0 Å². The van der Waals surface area contributed by atoms with Crippen LogP contribution >= 0.6 is 0 Å². The van der Waals surface area contributed by atoms with E-state index in [4.69, 9.17) is 0 Å². The van der Waals surface area contributed by atoms with Gasteiger partial charge >= 0.3 is 0 Å². The van der Waals surface area contributed by atoms with E-state index < -0.39 is 0 Å². The van der Waals surface area contributed by atoms with Gasteiger partial charge in [0, 0.05) is 6.04 Å². The molecule has 0 amide bonds. The number of piperidine rings is 1. The highest BCUT2D eigenvalue weighted by Gasteiger charge is 2.33. The van der Waals surface area contributed by atoms with E-state index in [1.807, 2.05) is 0 Å². The summed E-state index contributed by atoms with van der Waals surface area (Å²) in [4.78, 5) is 2.60. The summed E-state index contributed by atoms with van der Waals surface area (Å²) in [6.07, 6.45) is 7.35. The second-order valence-electron chi connectivity index (χ2n) is 4.87. The highest BCUT2D eigenvalue weighted by atomic mass is 15.1. The first kappa shape index (κ1) is 8.55. The molecule has 0 radical (unpaired) electrons. The molecule has 0 spiro atoms. The molecule has 2 aliphatic rings. The molecule has 0 aromatic rings. The van der Waals surface area contributed by atoms with Gasteiger partial charge in [0.05, 0.1) is 0 Å². The normalized spacial score (nSPS) is 44.0. The van der Waals surface area contributed by atoms with E-state index in [0.29, 0.717) is 0 Å². The fourth-order valence-corrected chi connectivity index (χ4v) is 3.14. The predicted octanol–water partition coefficient (Wildman–Crippen LogP) is 2.52. The first-order valence-electron chi connectivity index (χ1n) is 5.47. The van der Waals surface area contributed by atoms with Crippen LogP contribution in [-0.4, -0.2) is 24.5 Å². The summed E-state index contributed by atoms with van der Waals surface area (Å²) in [6, 6.07) is 0.940. The van der Waals surface area contributed by atoms with Gasteiger partial charge in [-0.05, 0) is 57.5 Å². The number of hydrogen-bond donors (Lipinski definition) is 0. The SMILES string of the molecule is C[C@@H]1CC[C@@H]2[C@@H](CCCN2C)C1. The number of fused-ring (bicyclic) bond motifs is 1. The van der Waals surface area contributed by atoms with Crippen molar-refractivity contribution in [3.63, 3.8) is 0 Å². The Kier molecular flexibility index (Phi) is 2.40. The molecule has 12 heavy (non-hydrogen) atoms. The van der Waals surface area contributed by atoms with E-state index in [9.17, 15) is 0 Å². The maximum atomic E-state index is 2.60. The summed E-state index contributed by atoms with van der Waals surface area (Å²) in [5.41, 5.74) is 0. The molecule has 1 nitrogen and oxygen atoms in total. The lowest BCUT2D eigenvalue weighted by atomic mass is 9.74. The van der Waals surface area contributed by atoms with Gasteiger partial charge in [-0.25, -0.2) is 0 Å². The predicted molar refractivity (Wildman–Crippen MR) is 52.2 cm³/mol. The summed E-state index contributed by atoms with van der Waals surface area (Å²) in [6.45, 7) is 3.76. The summed E-state index contributed by atoms with van der Waals surface area (Å²) in [5, 5.41) is 0. The molecular formula is C11H21N. The lowest BCUT2D eigenvalue weighted by molar-refractivity contribution is 0.0654. The molecule has 2 fully saturated rings. The smallest absolute Gasteiger partial charge is 0.0121 e. The second-order valence-corrected chi connectivity index (χ2v) is 4.87. The standard InChI is InChI=1S/C11H21N/c1-9-5-6-11-10(8-9)4-3-7-12(11)2/h9-11H,3-8H2,1-2H3/t9-,10+,11-/m1/s1. The van der Waals surface area contributed by atoms with Crippen LogP contribution in [0.3, 0.4) is 0 Å². The third-order valence-electron chi connectivity index (χ3n) is 3.86. The van der Waals surface area contributed by atoms with Gasteiger partial charge in [-0.1, -0.05) is 6.92 Å². The highest BCUT2D eigenvalue weighted by molar-refractivity contribution is 4.87. The van der Waals surface area contributed by atoms with E-state index in [1.165, 1.54) is 38.6 Å². The minimum Gasteiger partial charge on any atom is -0.303 e. The number of hydrogen-bond acceptors (Lipinski definition) is 1. The zero-order valence-electron chi connectivity index (χ0n) is 8.42. The van der Waals surface area contributed by atoms with Crippen LogP contribution in [0.5, 0.6) is 0 Å². The molecule has 1 heteroatoms. The Morgan fingerprint density at radius 1 is 1.17 bits per heavy atom. The Balaban J connectivity index is 1.99. The van der Waals surface area contributed by atoms with Gasteiger partial charge in [0.2, 0.25) is 0 Å². The first-order valence-corrected chi connectivity index (χ1v) is 5.47. The Morgan fingerprint density at radius 2 is 2.00 bits per heavy atom. The van der Waals surface area contributed by atoms with Gasteiger partial charge in [0.1, 0.15) is 0 Å². The third kappa shape index (κ3) is 1.52. The van der Waals surface area contributed by atoms with Crippen molar-refractivity contribution in [3.05, 3.63) is 0 Å². The second kappa shape index (κ2) is 3.37. The van der Waals surface area contributed by atoms with Crippen molar-refractivity contribution in [2.24, 2.45) is 11.8 Å². The zero-order chi connectivity index (χ0) is 8.55. The summed E-state index contributed by atoms with van der Waals surface area (Å²) < 4.78 is 0. The van der Waals surface area contributed by atoms with Crippen molar-refractivity contribution in [3.8, 4) is 0 Å². The van der Waals surface area contributed by atoms with Crippen LogP contribution in [0, 0.1) is 11.8 Å². The lowest BCUT2D eigenvalue weighted by Crippen LogP contribution is -2.45. The largest absolute Gasteiger partial charge is 0.303 e. The van der Waals surface area contributed by atoms with Crippen molar-refractivity contribution in [2.45, 2.75) is 45.1 Å². The molecule has 1 aliphatic heterocycles. The lowest BCUT2D eigenvalue weighted by Gasteiger charge is -2.44. The molecule has 0 unspecified atom stereocenters. The van der Waals surface area contributed by atoms with Crippen molar-refractivity contribution >= 4 is 0 Å². The minimum absolute atomic E-state index is 0.940. The van der Waals surface area contributed by atoms with E-state index in [1.54, 1.807) is 0 Å². The molecule has 0 aromatic heterocycles. The summed E-state index contributed by atoms with van der Waals surface area (Å²) in [7, 11) is 2.31. The molecule has 1 aliphatic carbocycles. The van der Waals surface area contributed by atoms with E-state index in [-0.39, 0.29) is 0 Å². The quantitative estimate of drug-likeness (QED) is 0.536. The molecule has 70 valence electrons. The molecule has 0 N–H and O–H groups in total. The van der Waals surface area contributed by atoms with Crippen molar-refractivity contribution in [1.82, 2.24) is 4.90 Å². The van der Waals surface area contributed by atoms with Gasteiger partial charge in [-0.2, -0.15) is 0 Å². The van der Waals surface area contributed by atoms with Gasteiger partial charge in [0.25, 0.3) is 0 Å². The zero-order valence-corrected chi connectivity index (χ0v) is 8.42. The van der Waals surface area contributed by atoms with Crippen LogP contribution < -0.4 is 0 Å². The Hall–Kier alpha value is -0.0400. The number of likely N-dealkylation sites (tertiary alicyclic amines) is 1. The van der Waals surface area contributed by atoms with Gasteiger partial charge < -0.3 is 4.90 Å². The fourth-order valence-electron chi connectivity index (χ4n) is 3.14. The van der Waals surface area contributed by atoms with E-state index >= 15 is 0 Å². The summed E-state index contributed by atoms with van der Waals surface area (Å²) >= 11 is 0. The molecule has 0 aromatic carbocycles. The Morgan fingerprint density at radius 3 is 2.83 bits per heavy atom. The maximum Gasteiger partial charge on any atom is 0.0121 e. The van der Waals surface area contributed by atoms with Gasteiger partial charge in [0.15, 0.2) is 0 Å². The molecule has 3 atom stereocenters. The molecule has 1 saturated heterocycles. The number of rotatable bonds is 0. The molecular weight excluding hydrogens is 146 g/mol. The third-order valence-corrected chi connectivity index (χ3v) is 3.86. The maximum absolute atomic E-state index is 2.60. The Bertz CT molecular complexity index is 155. The molecule has 1 saturated carbocycles. The summed E-state index contributed by atoms with van der Waals surface area (Å²) in [5.74, 6) is 2.03. The average Bonchev–Trinajstić information content (AvgIpc) is 2.04. The monoisotopic (exact) mass is 167 g/mol. The highest BCUT2D eigenvalue weighted by Crippen LogP contribution is 2.36. The van der Waals surface area contributed by atoms with Crippen LogP contribution in [0.15, 0.2) is 0 Å². The van der Waals surface area contributed by atoms with Crippen LogP contribution in [-0.2, 0) is 0 Å². The van der Waals surface area contributed by atoms with E-state index in [2.05, 4.69) is 18.9 Å². The first-order chi connectivity index (χ1) is 5.77. The fraction of sp³-hybridized carbons (Fsp3) is 1.00. The van der Waals surface area contributed by atoms with Gasteiger partial charge in [-0.3, -0.25) is 0 Å². The van der Waals surface area contributed by atoms with Crippen LogP contribution in [0.2, 0.25) is 0 Å².